The quantitative estimate of drug-likeness (QED) is 0.871. The second kappa shape index (κ2) is 4.71. The third kappa shape index (κ3) is 3.31. The fraction of sp³-hybridized carbons (Fsp3) is 0.375. The first-order chi connectivity index (χ1) is 8.04. The highest BCUT2D eigenvalue weighted by Gasteiger charge is 2.59. The number of hydrogen-bond acceptors (Lipinski definition) is 2. The molecule has 0 spiro atoms. The minimum absolute atomic E-state index is 0.533. The first kappa shape index (κ1) is 14.7. The molecule has 0 fully saturated rings. The summed E-state index contributed by atoms with van der Waals surface area (Å²) in [6.45, 7) is 0. The average molecular weight is 296 g/mol. The molecule has 1 aromatic heterocycles. The predicted octanol–water partition coefficient (Wildman–Crippen LogP) is 2.90. The van der Waals surface area contributed by atoms with Gasteiger partial charge < -0.3 is 9.72 Å². The third-order valence-electron chi connectivity index (χ3n) is 1.67. The van der Waals surface area contributed by atoms with E-state index in [-0.39, 0.29) is 0 Å². The number of aromatic nitrogens is 1. The number of aromatic amines is 1. The molecule has 0 aliphatic heterocycles. The molecule has 1 atom stereocenters. The molecular weight excluding hydrogens is 292 g/mol. The SMILES string of the molecule is O=c1[nH]cc(OC(F)(F)C(F)C(F)(F)F)cc1Cl. The van der Waals surface area contributed by atoms with Crippen molar-refractivity contribution in [1.29, 1.82) is 0 Å². The molecule has 0 radical (unpaired) electrons. The second-order valence-electron chi connectivity index (χ2n) is 3.08. The Labute approximate surface area is 100 Å². The van der Waals surface area contributed by atoms with Crippen LogP contribution < -0.4 is 10.3 Å². The maximum Gasteiger partial charge on any atom is 0.439 e. The molecular formula is C8H4ClF6NO2. The molecule has 3 nitrogen and oxygen atoms in total. The molecule has 0 aromatic carbocycles. The van der Waals surface area contributed by atoms with E-state index >= 15 is 0 Å². The summed E-state index contributed by atoms with van der Waals surface area (Å²) in [6, 6.07) is 0.539. The molecule has 10 heteroatoms. The van der Waals surface area contributed by atoms with Gasteiger partial charge in [0.15, 0.2) is 0 Å². The van der Waals surface area contributed by atoms with Crippen molar-refractivity contribution in [1.82, 2.24) is 4.98 Å². The molecule has 102 valence electrons. The Balaban J connectivity index is 2.95. The summed E-state index contributed by atoms with van der Waals surface area (Å²) >= 11 is 5.23. The van der Waals surface area contributed by atoms with E-state index in [1.807, 2.05) is 4.98 Å². The Morgan fingerprint density at radius 2 is 1.83 bits per heavy atom. The summed E-state index contributed by atoms with van der Waals surface area (Å²) in [7, 11) is 0. The van der Waals surface area contributed by atoms with Crippen LogP contribution in [0.4, 0.5) is 26.3 Å². The van der Waals surface area contributed by atoms with Gasteiger partial charge in [0.2, 0.25) is 0 Å². The molecule has 1 rings (SSSR count). The van der Waals surface area contributed by atoms with Crippen LogP contribution in [-0.2, 0) is 0 Å². The van der Waals surface area contributed by atoms with Gasteiger partial charge in [-0.25, -0.2) is 4.39 Å². The van der Waals surface area contributed by atoms with Crippen molar-refractivity contribution in [2.45, 2.75) is 18.5 Å². The van der Waals surface area contributed by atoms with Gasteiger partial charge in [-0.05, 0) is 0 Å². The normalized spacial score (nSPS) is 14.4. The van der Waals surface area contributed by atoms with Crippen molar-refractivity contribution in [2.24, 2.45) is 0 Å². The van der Waals surface area contributed by atoms with Crippen LogP contribution in [0.2, 0.25) is 5.02 Å². The van der Waals surface area contributed by atoms with Crippen LogP contribution in [0.1, 0.15) is 0 Å². The van der Waals surface area contributed by atoms with Gasteiger partial charge in [0.05, 0.1) is 0 Å². The lowest BCUT2D eigenvalue weighted by Gasteiger charge is -2.22. The standard InChI is InChI=1S/C8H4ClF6NO2/c9-4-1-3(2-16-5(4)17)18-8(14,15)6(10)7(11,12)13/h1-2,6H,(H,16,17). The van der Waals surface area contributed by atoms with Gasteiger partial charge in [0, 0.05) is 12.3 Å². The number of alkyl halides is 6. The third-order valence-corrected chi connectivity index (χ3v) is 1.95. The molecule has 1 unspecified atom stereocenters. The Hall–Kier alpha value is -1.38. The van der Waals surface area contributed by atoms with Crippen LogP contribution in [0.15, 0.2) is 17.1 Å². The summed E-state index contributed by atoms with van der Waals surface area (Å²) in [4.78, 5) is 12.6. The molecule has 18 heavy (non-hydrogen) atoms. The number of nitrogens with one attached hydrogen (secondary N) is 1. The minimum atomic E-state index is -5.78. The molecule has 0 saturated heterocycles. The number of ether oxygens (including phenoxy) is 1. The molecule has 1 aromatic rings. The maximum atomic E-state index is 12.8. The summed E-state index contributed by atoms with van der Waals surface area (Å²) in [5, 5.41) is -0.592. The van der Waals surface area contributed by atoms with Crippen LogP contribution in [0.3, 0.4) is 0 Å². The average Bonchev–Trinajstić information content (AvgIpc) is 2.20. The lowest BCUT2D eigenvalue weighted by Crippen LogP contribution is -2.45. The largest absolute Gasteiger partial charge is 0.439 e. The van der Waals surface area contributed by atoms with Gasteiger partial charge in [-0.1, -0.05) is 11.6 Å². The van der Waals surface area contributed by atoms with E-state index in [2.05, 4.69) is 4.74 Å². The summed E-state index contributed by atoms with van der Waals surface area (Å²) in [6.07, 6.45) is -14.9. The van der Waals surface area contributed by atoms with Gasteiger partial charge in [0.1, 0.15) is 10.8 Å². The molecule has 0 aliphatic carbocycles. The Morgan fingerprint density at radius 1 is 1.28 bits per heavy atom. The van der Waals surface area contributed by atoms with E-state index in [4.69, 9.17) is 11.6 Å². The zero-order valence-corrected chi connectivity index (χ0v) is 8.95. The van der Waals surface area contributed by atoms with Crippen LogP contribution in [-0.4, -0.2) is 23.4 Å². The summed E-state index contributed by atoms with van der Waals surface area (Å²) in [5.74, 6) is -0.906. The van der Waals surface area contributed by atoms with Crippen molar-refractivity contribution in [3.8, 4) is 5.75 Å². The highest BCUT2D eigenvalue weighted by molar-refractivity contribution is 6.30. The summed E-state index contributed by atoms with van der Waals surface area (Å²) in [5.41, 5.74) is -0.861. The van der Waals surface area contributed by atoms with Gasteiger partial charge in [0.25, 0.3) is 11.7 Å². The van der Waals surface area contributed by atoms with E-state index < -0.39 is 34.8 Å². The van der Waals surface area contributed by atoms with Gasteiger partial charge in [-0.2, -0.15) is 22.0 Å². The van der Waals surface area contributed by atoms with Crippen molar-refractivity contribution in [2.75, 3.05) is 0 Å². The predicted molar refractivity (Wildman–Crippen MR) is 48.6 cm³/mol. The van der Waals surface area contributed by atoms with Crippen LogP contribution >= 0.6 is 11.6 Å². The molecule has 0 aliphatic rings. The number of halogens is 7. The van der Waals surface area contributed by atoms with Gasteiger partial charge >= 0.3 is 12.3 Å². The van der Waals surface area contributed by atoms with Gasteiger partial charge in [-0.15, -0.1) is 0 Å². The molecule has 0 saturated carbocycles. The van der Waals surface area contributed by atoms with Crippen LogP contribution in [0.25, 0.3) is 0 Å². The first-order valence-corrected chi connectivity index (χ1v) is 4.57. The lowest BCUT2D eigenvalue weighted by atomic mass is 10.3. The monoisotopic (exact) mass is 295 g/mol. The molecule has 0 bridgehead atoms. The number of rotatable bonds is 3. The first-order valence-electron chi connectivity index (χ1n) is 4.20. The molecule has 1 heterocycles. The van der Waals surface area contributed by atoms with Crippen LogP contribution in [0.5, 0.6) is 5.75 Å². The highest BCUT2D eigenvalue weighted by Crippen LogP contribution is 2.36. The smallest absolute Gasteiger partial charge is 0.429 e. The Kier molecular flexibility index (Phi) is 3.84. The number of H-pyrrole nitrogens is 1. The highest BCUT2D eigenvalue weighted by atomic mass is 35.5. The Morgan fingerprint density at radius 3 is 2.28 bits per heavy atom. The van der Waals surface area contributed by atoms with E-state index in [1.165, 1.54) is 0 Å². The van der Waals surface area contributed by atoms with E-state index in [0.717, 1.165) is 0 Å². The minimum Gasteiger partial charge on any atom is -0.429 e. The van der Waals surface area contributed by atoms with E-state index in [9.17, 15) is 31.1 Å². The molecule has 1 N–H and O–H groups in total. The Bertz CT molecular complexity index is 485. The molecule has 0 amide bonds. The number of hydrogen-bond donors (Lipinski definition) is 1. The lowest BCUT2D eigenvalue weighted by molar-refractivity contribution is -0.305. The van der Waals surface area contributed by atoms with E-state index in [1.54, 1.807) is 0 Å². The van der Waals surface area contributed by atoms with Gasteiger partial charge in [-0.3, -0.25) is 4.79 Å². The number of pyridine rings is 1. The van der Waals surface area contributed by atoms with Crippen molar-refractivity contribution in [3.05, 3.63) is 27.6 Å². The van der Waals surface area contributed by atoms with Crippen molar-refractivity contribution < 1.29 is 31.1 Å². The zero-order chi connectivity index (χ0) is 14.1. The van der Waals surface area contributed by atoms with Crippen molar-refractivity contribution >= 4 is 11.6 Å². The van der Waals surface area contributed by atoms with E-state index in [0.29, 0.717) is 12.3 Å². The zero-order valence-electron chi connectivity index (χ0n) is 8.19. The van der Waals surface area contributed by atoms with Crippen LogP contribution in [0, 0.1) is 0 Å². The summed E-state index contributed by atoms with van der Waals surface area (Å²) < 4.78 is 76.9. The fourth-order valence-electron chi connectivity index (χ4n) is 0.896. The maximum absolute atomic E-state index is 12.8. The second-order valence-corrected chi connectivity index (χ2v) is 3.49. The van der Waals surface area contributed by atoms with Crippen molar-refractivity contribution in [3.63, 3.8) is 0 Å². The fourth-order valence-corrected chi connectivity index (χ4v) is 1.06. The topological polar surface area (TPSA) is 42.1 Å².